The first-order valence-electron chi connectivity index (χ1n) is 4.54. The molecule has 86 valence electrons. The molecule has 7 heteroatoms. The molecule has 0 saturated carbocycles. The Hall–Kier alpha value is -1.63. The average molecular weight is 244 g/mol. The lowest BCUT2D eigenvalue weighted by Crippen LogP contribution is -2.33. The van der Waals surface area contributed by atoms with Gasteiger partial charge in [0.2, 0.25) is 0 Å². The van der Waals surface area contributed by atoms with E-state index < -0.39 is 21.1 Å². The molecule has 0 aliphatic carbocycles. The van der Waals surface area contributed by atoms with Crippen molar-refractivity contribution in [2.45, 2.75) is 11.3 Å². The van der Waals surface area contributed by atoms with Gasteiger partial charge in [0, 0.05) is 12.2 Å². The van der Waals surface area contributed by atoms with Crippen LogP contribution in [0.2, 0.25) is 0 Å². The minimum absolute atomic E-state index is 0.389. The Bertz CT molecular complexity index is 556. The number of urea groups is 1. The molecule has 1 aliphatic rings. The maximum absolute atomic E-state index is 12.7. The summed E-state index contributed by atoms with van der Waals surface area (Å²) in [7, 11) is -4.70. The number of nitrogens with two attached hydrogens (primary N) is 1. The van der Waals surface area contributed by atoms with Crippen molar-refractivity contribution in [1.82, 2.24) is 0 Å². The first-order valence-corrected chi connectivity index (χ1v) is 5.92. The van der Waals surface area contributed by atoms with Crippen molar-refractivity contribution in [3.05, 3.63) is 23.8 Å². The van der Waals surface area contributed by atoms with Crippen LogP contribution in [0.25, 0.3) is 0 Å². The van der Waals surface area contributed by atoms with Crippen LogP contribution in [0.1, 0.15) is 5.56 Å². The van der Waals surface area contributed by atoms with Crippen molar-refractivity contribution in [2.75, 3.05) is 11.4 Å². The summed E-state index contributed by atoms with van der Waals surface area (Å²) >= 11 is 0. The third-order valence-electron chi connectivity index (χ3n) is 2.49. The zero-order valence-electron chi connectivity index (χ0n) is 8.18. The second kappa shape index (κ2) is 3.44. The molecule has 0 fully saturated rings. The van der Waals surface area contributed by atoms with Gasteiger partial charge in [-0.1, -0.05) is 0 Å². The van der Waals surface area contributed by atoms with Gasteiger partial charge in [-0.05, 0) is 30.2 Å². The standard InChI is InChI=1S/C9H9FN2O3S/c10-16(14,15)7-1-2-8-6(5-7)3-4-12(8)9(11)13/h1-2,5H,3-4H2,(H2,11,13). The topological polar surface area (TPSA) is 80.5 Å². The van der Waals surface area contributed by atoms with Gasteiger partial charge in [-0.2, -0.15) is 8.42 Å². The lowest BCUT2D eigenvalue weighted by Gasteiger charge is -2.13. The molecule has 0 atom stereocenters. The summed E-state index contributed by atoms with van der Waals surface area (Å²) in [6.07, 6.45) is 0.474. The summed E-state index contributed by atoms with van der Waals surface area (Å²) < 4.78 is 34.1. The first kappa shape index (κ1) is 10.9. The fourth-order valence-electron chi connectivity index (χ4n) is 1.76. The van der Waals surface area contributed by atoms with Crippen LogP contribution in [0, 0.1) is 0 Å². The van der Waals surface area contributed by atoms with Gasteiger partial charge >= 0.3 is 16.3 Å². The fraction of sp³-hybridized carbons (Fsp3) is 0.222. The van der Waals surface area contributed by atoms with E-state index in [1.165, 1.54) is 17.0 Å². The van der Waals surface area contributed by atoms with E-state index in [0.29, 0.717) is 24.2 Å². The molecule has 1 heterocycles. The Kier molecular flexibility index (Phi) is 2.34. The van der Waals surface area contributed by atoms with Crippen LogP contribution in [0.5, 0.6) is 0 Å². The second-order valence-corrected chi connectivity index (χ2v) is 4.82. The number of fused-ring (bicyclic) bond motifs is 1. The van der Waals surface area contributed by atoms with Gasteiger partial charge in [-0.25, -0.2) is 4.79 Å². The number of primary amides is 1. The zero-order valence-corrected chi connectivity index (χ0v) is 9.00. The molecule has 0 saturated heterocycles. The minimum Gasteiger partial charge on any atom is -0.351 e. The first-order chi connectivity index (χ1) is 7.39. The average Bonchev–Trinajstić information content (AvgIpc) is 2.58. The lowest BCUT2D eigenvalue weighted by molar-refractivity contribution is 0.254. The number of carbonyl (C=O) groups excluding carboxylic acids is 1. The van der Waals surface area contributed by atoms with Crippen molar-refractivity contribution in [1.29, 1.82) is 0 Å². The second-order valence-electron chi connectivity index (χ2n) is 3.47. The predicted octanol–water partition coefficient (Wildman–Crippen LogP) is 0.786. The van der Waals surface area contributed by atoms with Crippen LogP contribution in [-0.2, 0) is 16.6 Å². The highest BCUT2D eigenvalue weighted by atomic mass is 32.3. The maximum Gasteiger partial charge on any atom is 0.332 e. The van der Waals surface area contributed by atoms with E-state index in [1.807, 2.05) is 0 Å². The number of benzene rings is 1. The summed E-state index contributed by atoms with van der Waals surface area (Å²) in [6, 6.07) is 3.14. The third-order valence-corrected chi connectivity index (χ3v) is 3.31. The Morgan fingerprint density at radius 2 is 2.12 bits per heavy atom. The summed E-state index contributed by atoms with van der Waals surface area (Å²) in [6.45, 7) is 0.389. The molecule has 0 spiro atoms. The van der Waals surface area contributed by atoms with Gasteiger partial charge < -0.3 is 5.73 Å². The van der Waals surface area contributed by atoms with E-state index in [2.05, 4.69) is 0 Å². The molecular formula is C9H9FN2O3S. The molecule has 1 aromatic carbocycles. The number of amides is 2. The summed E-state index contributed by atoms with van der Waals surface area (Å²) in [5.74, 6) is 0. The summed E-state index contributed by atoms with van der Waals surface area (Å²) in [5, 5.41) is 0. The van der Waals surface area contributed by atoms with Crippen molar-refractivity contribution < 1.29 is 17.1 Å². The third kappa shape index (κ3) is 1.73. The number of carbonyl (C=O) groups is 1. The van der Waals surface area contributed by atoms with Crippen LogP contribution in [-0.4, -0.2) is 21.0 Å². The van der Waals surface area contributed by atoms with E-state index in [1.54, 1.807) is 0 Å². The van der Waals surface area contributed by atoms with E-state index in [4.69, 9.17) is 5.73 Å². The maximum atomic E-state index is 12.7. The van der Waals surface area contributed by atoms with Crippen molar-refractivity contribution in [2.24, 2.45) is 5.73 Å². The highest BCUT2D eigenvalue weighted by molar-refractivity contribution is 7.86. The van der Waals surface area contributed by atoms with Gasteiger partial charge in [-0.3, -0.25) is 4.90 Å². The quantitative estimate of drug-likeness (QED) is 0.741. The number of hydrogen-bond acceptors (Lipinski definition) is 3. The number of nitrogens with zero attached hydrogens (tertiary/aromatic N) is 1. The van der Waals surface area contributed by atoms with Gasteiger partial charge in [0.15, 0.2) is 0 Å². The van der Waals surface area contributed by atoms with Crippen molar-refractivity contribution in [3.8, 4) is 0 Å². The fourth-order valence-corrected chi connectivity index (χ4v) is 2.27. The smallest absolute Gasteiger partial charge is 0.332 e. The largest absolute Gasteiger partial charge is 0.351 e. The Morgan fingerprint density at radius 1 is 1.44 bits per heavy atom. The molecule has 2 amide bonds. The van der Waals surface area contributed by atoms with Crippen LogP contribution in [0.15, 0.2) is 23.1 Å². The molecule has 0 aromatic heterocycles. The monoisotopic (exact) mass is 244 g/mol. The minimum atomic E-state index is -4.70. The van der Waals surface area contributed by atoms with E-state index in [9.17, 15) is 17.1 Å². The van der Waals surface area contributed by atoms with Gasteiger partial charge in [0.05, 0.1) is 4.90 Å². The lowest BCUT2D eigenvalue weighted by atomic mass is 10.2. The van der Waals surface area contributed by atoms with Crippen LogP contribution >= 0.6 is 0 Å². The Balaban J connectivity index is 2.48. The molecule has 0 bridgehead atoms. The molecule has 0 unspecified atom stereocenters. The molecule has 2 rings (SSSR count). The van der Waals surface area contributed by atoms with E-state index in [-0.39, 0.29) is 0 Å². The molecular weight excluding hydrogens is 235 g/mol. The number of rotatable bonds is 1. The SMILES string of the molecule is NC(=O)N1CCc2cc(S(=O)(=O)F)ccc21. The molecule has 1 aromatic rings. The molecule has 5 nitrogen and oxygen atoms in total. The van der Waals surface area contributed by atoms with Crippen molar-refractivity contribution in [3.63, 3.8) is 0 Å². The summed E-state index contributed by atoms with van der Waals surface area (Å²) in [5.41, 5.74) is 6.28. The zero-order chi connectivity index (χ0) is 11.9. The molecule has 0 radical (unpaired) electrons. The van der Waals surface area contributed by atoms with E-state index in [0.717, 1.165) is 6.07 Å². The number of halogens is 1. The Morgan fingerprint density at radius 3 is 2.69 bits per heavy atom. The van der Waals surface area contributed by atoms with E-state index >= 15 is 0 Å². The molecule has 2 N–H and O–H groups in total. The summed E-state index contributed by atoms with van der Waals surface area (Å²) in [4.78, 5) is 11.9. The van der Waals surface area contributed by atoms with Crippen LogP contribution < -0.4 is 10.6 Å². The normalized spacial score (nSPS) is 14.9. The van der Waals surface area contributed by atoms with Crippen LogP contribution in [0.3, 0.4) is 0 Å². The predicted molar refractivity (Wildman–Crippen MR) is 55.4 cm³/mol. The molecule has 16 heavy (non-hydrogen) atoms. The van der Waals surface area contributed by atoms with Crippen LogP contribution in [0.4, 0.5) is 14.4 Å². The Labute approximate surface area is 91.9 Å². The van der Waals surface area contributed by atoms with Crippen molar-refractivity contribution >= 4 is 21.9 Å². The number of anilines is 1. The highest BCUT2D eigenvalue weighted by Crippen LogP contribution is 2.30. The highest BCUT2D eigenvalue weighted by Gasteiger charge is 2.24. The molecule has 1 aliphatic heterocycles. The van der Waals surface area contributed by atoms with Gasteiger partial charge in [0.25, 0.3) is 0 Å². The number of hydrogen-bond donors (Lipinski definition) is 1. The van der Waals surface area contributed by atoms with Gasteiger partial charge in [0.1, 0.15) is 0 Å². The van der Waals surface area contributed by atoms with Gasteiger partial charge in [-0.15, -0.1) is 3.89 Å².